The summed E-state index contributed by atoms with van der Waals surface area (Å²) in [5.41, 5.74) is 6.46. The highest BCUT2D eigenvalue weighted by molar-refractivity contribution is 7.99. The van der Waals surface area contributed by atoms with Gasteiger partial charge >= 0.3 is 6.09 Å². The first kappa shape index (κ1) is 42.2. The van der Waals surface area contributed by atoms with E-state index in [1.54, 1.807) is 57.2 Å². The molecule has 0 heterocycles. The van der Waals surface area contributed by atoms with Gasteiger partial charge in [-0.1, -0.05) is 60.7 Å². The summed E-state index contributed by atoms with van der Waals surface area (Å²) in [7, 11) is 0. The highest BCUT2D eigenvalue weighted by Gasteiger charge is 2.31. The fourth-order valence-corrected chi connectivity index (χ4v) is 5.69. The first-order chi connectivity index (χ1) is 25.0. The lowest BCUT2D eigenvalue weighted by Crippen LogP contribution is -2.58. The number of anilines is 1. The molecule has 5 amide bonds. The van der Waals surface area contributed by atoms with Gasteiger partial charge < -0.3 is 30.7 Å². The minimum atomic E-state index is -1.17. The number of carbonyl (C=O) groups is 5. The normalized spacial score (nSPS) is 13.0. The zero-order chi connectivity index (χ0) is 39.0. The summed E-state index contributed by atoms with van der Waals surface area (Å²) in [4.78, 5) is 65.8. The Labute approximate surface area is 316 Å². The smallest absolute Gasteiger partial charge is 0.408 e. The first-order valence-electron chi connectivity index (χ1n) is 17.3. The summed E-state index contributed by atoms with van der Waals surface area (Å²) < 4.78 is 11.3. The van der Waals surface area contributed by atoms with Crippen molar-refractivity contribution in [2.75, 3.05) is 17.1 Å². The van der Waals surface area contributed by atoms with Crippen LogP contribution < -0.4 is 36.9 Å². The van der Waals surface area contributed by atoms with Gasteiger partial charge in [0.15, 0.2) is 0 Å². The van der Waals surface area contributed by atoms with Gasteiger partial charge in [0.05, 0.1) is 11.6 Å². The van der Waals surface area contributed by atoms with Crippen LogP contribution in [0.4, 0.5) is 10.5 Å². The third-order valence-electron chi connectivity index (χ3n) is 7.15. The predicted molar refractivity (Wildman–Crippen MR) is 207 cm³/mol. The molecular formula is C39H52N6O7S. The van der Waals surface area contributed by atoms with Gasteiger partial charge in [0.1, 0.15) is 35.1 Å². The van der Waals surface area contributed by atoms with Crippen LogP contribution in [0.25, 0.3) is 0 Å². The average Bonchev–Trinajstić information content (AvgIpc) is 3.08. The van der Waals surface area contributed by atoms with E-state index in [0.717, 1.165) is 5.56 Å². The number of ether oxygens (including phenoxy) is 2. The Morgan fingerprint density at radius 1 is 0.642 bits per heavy atom. The van der Waals surface area contributed by atoms with E-state index in [2.05, 4.69) is 32.1 Å². The van der Waals surface area contributed by atoms with Crippen molar-refractivity contribution in [3.63, 3.8) is 0 Å². The van der Waals surface area contributed by atoms with Crippen molar-refractivity contribution in [3.05, 3.63) is 96.1 Å². The molecule has 53 heavy (non-hydrogen) atoms. The standard InChI is InChI=1S/C39H52N6O7S/c1-26(46)40-25-53-24-33(43-37(50)52-39(5,6)7)35(48)41-31(23-28-18-20-30(21-19-28)51-38(2,3)4)34(47)42-32(22-27-14-10-8-11-15-27)36(49)45-44-29-16-12-9-13-17-29/h8-21,31-33,44H,22-25H2,1-7H3,(H,40,46)(H,41,48)(H,42,47)(H,43,50)(H,45,49)/t31-,32-,33-/m0/s1. The van der Waals surface area contributed by atoms with E-state index in [1.165, 1.54) is 18.7 Å². The molecule has 6 N–H and O–H groups in total. The SMILES string of the molecule is CC(=O)NCSC[C@H](NC(=O)OC(C)(C)C)C(=O)N[C@@H](Cc1ccc(OC(C)(C)C)cc1)C(=O)N[C@@H](Cc1ccccc1)C(=O)NNc1ccccc1. The maximum atomic E-state index is 14.2. The minimum absolute atomic E-state index is 0.0491. The summed E-state index contributed by atoms with van der Waals surface area (Å²) in [6, 6.07) is 22.1. The Kier molecular flexibility index (Phi) is 16.0. The second kappa shape index (κ2) is 20.1. The van der Waals surface area contributed by atoms with Crippen molar-refractivity contribution < 1.29 is 33.4 Å². The molecule has 0 fully saturated rings. The number of hydrogen-bond acceptors (Lipinski definition) is 9. The number of carbonyl (C=O) groups excluding carboxylic acids is 5. The molecule has 0 bridgehead atoms. The second-order valence-electron chi connectivity index (χ2n) is 14.3. The van der Waals surface area contributed by atoms with Crippen molar-refractivity contribution in [3.8, 4) is 5.75 Å². The lowest BCUT2D eigenvalue weighted by molar-refractivity contribution is -0.132. The molecule has 0 unspecified atom stereocenters. The molecule has 3 atom stereocenters. The van der Waals surface area contributed by atoms with Crippen molar-refractivity contribution >= 4 is 47.2 Å². The third kappa shape index (κ3) is 16.8. The molecule has 0 saturated heterocycles. The maximum absolute atomic E-state index is 14.2. The molecule has 0 aliphatic carbocycles. The zero-order valence-electron chi connectivity index (χ0n) is 31.4. The molecule has 3 rings (SSSR count). The molecule has 0 radical (unpaired) electrons. The molecule has 0 aromatic heterocycles. The molecule has 0 saturated carbocycles. The van der Waals surface area contributed by atoms with Crippen LogP contribution >= 0.6 is 11.8 Å². The van der Waals surface area contributed by atoms with Crippen LogP contribution in [-0.4, -0.2) is 70.7 Å². The van der Waals surface area contributed by atoms with Crippen molar-refractivity contribution in [1.82, 2.24) is 26.7 Å². The zero-order valence-corrected chi connectivity index (χ0v) is 32.2. The fraction of sp³-hybridized carbons (Fsp3) is 0.410. The summed E-state index contributed by atoms with van der Waals surface area (Å²) >= 11 is 1.21. The number of benzene rings is 3. The topological polar surface area (TPSA) is 176 Å². The van der Waals surface area contributed by atoms with Crippen molar-refractivity contribution in [1.29, 1.82) is 0 Å². The van der Waals surface area contributed by atoms with Gasteiger partial charge in [-0.15, -0.1) is 11.8 Å². The second-order valence-corrected chi connectivity index (χ2v) is 15.3. The molecule has 3 aromatic rings. The minimum Gasteiger partial charge on any atom is -0.488 e. The van der Waals surface area contributed by atoms with Gasteiger partial charge in [-0.25, -0.2) is 4.79 Å². The Morgan fingerprint density at radius 3 is 1.72 bits per heavy atom. The van der Waals surface area contributed by atoms with E-state index < -0.39 is 53.1 Å². The third-order valence-corrected chi connectivity index (χ3v) is 8.07. The lowest BCUT2D eigenvalue weighted by Gasteiger charge is -2.27. The van der Waals surface area contributed by atoms with E-state index in [4.69, 9.17) is 9.47 Å². The molecule has 13 nitrogen and oxygen atoms in total. The molecule has 0 spiro atoms. The van der Waals surface area contributed by atoms with Gasteiger partial charge in [-0.3, -0.25) is 30.0 Å². The maximum Gasteiger partial charge on any atom is 0.408 e. The molecule has 14 heteroatoms. The number of alkyl carbamates (subject to hydrolysis) is 1. The molecular weight excluding hydrogens is 697 g/mol. The quantitative estimate of drug-likeness (QED) is 0.0661. The van der Waals surface area contributed by atoms with Crippen LogP contribution in [0.3, 0.4) is 0 Å². The number of rotatable bonds is 17. The van der Waals surface area contributed by atoms with Crippen LogP contribution in [0.5, 0.6) is 5.75 Å². The van der Waals surface area contributed by atoms with E-state index in [-0.39, 0.29) is 30.4 Å². The Hall–Kier alpha value is -5.24. The average molecular weight is 749 g/mol. The summed E-state index contributed by atoms with van der Waals surface area (Å²) in [5, 5.41) is 10.9. The van der Waals surface area contributed by atoms with Crippen LogP contribution in [0, 0.1) is 0 Å². The first-order valence-corrected chi connectivity index (χ1v) is 18.5. The lowest BCUT2D eigenvalue weighted by atomic mass is 10.0. The summed E-state index contributed by atoms with van der Waals surface area (Å²) in [6.07, 6.45) is -0.608. The Morgan fingerprint density at radius 2 is 1.17 bits per heavy atom. The number of para-hydroxylation sites is 1. The van der Waals surface area contributed by atoms with Crippen molar-refractivity contribution in [2.45, 2.75) is 90.6 Å². The van der Waals surface area contributed by atoms with E-state index in [0.29, 0.717) is 17.0 Å². The molecule has 286 valence electrons. The number of amides is 5. The van der Waals surface area contributed by atoms with Gasteiger partial charge in [0.2, 0.25) is 17.7 Å². The highest BCUT2D eigenvalue weighted by atomic mass is 32.2. The van der Waals surface area contributed by atoms with Crippen LogP contribution in [-0.2, 0) is 36.8 Å². The predicted octanol–water partition coefficient (Wildman–Crippen LogP) is 4.48. The van der Waals surface area contributed by atoms with Crippen LogP contribution in [0.2, 0.25) is 0 Å². The Balaban J connectivity index is 1.89. The van der Waals surface area contributed by atoms with E-state index in [9.17, 15) is 24.0 Å². The summed E-state index contributed by atoms with van der Waals surface area (Å²) in [5.74, 6) is -1.15. The van der Waals surface area contributed by atoms with E-state index >= 15 is 0 Å². The molecule has 0 aliphatic heterocycles. The van der Waals surface area contributed by atoms with Crippen LogP contribution in [0.1, 0.15) is 59.6 Å². The number of hydrogen-bond donors (Lipinski definition) is 6. The monoisotopic (exact) mass is 748 g/mol. The fourth-order valence-electron chi connectivity index (χ4n) is 4.80. The summed E-state index contributed by atoms with van der Waals surface area (Å²) in [6.45, 7) is 12.3. The van der Waals surface area contributed by atoms with Gasteiger partial charge in [0, 0.05) is 25.5 Å². The van der Waals surface area contributed by atoms with Gasteiger partial charge in [0.25, 0.3) is 5.91 Å². The van der Waals surface area contributed by atoms with Crippen molar-refractivity contribution in [2.24, 2.45) is 0 Å². The van der Waals surface area contributed by atoms with Gasteiger partial charge in [-0.05, 0) is 76.9 Å². The number of nitrogens with one attached hydrogen (secondary N) is 6. The van der Waals surface area contributed by atoms with E-state index in [1.807, 2.05) is 69.3 Å². The number of thioether (sulfide) groups is 1. The Bertz CT molecular complexity index is 1640. The molecule has 0 aliphatic rings. The van der Waals surface area contributed by atoms with Crippen LogP contribution in [0.15, 0.2) is 84.9 Å². The largest absolute Gasteiger partial charge is 0.488 e. The number of hydrazine groups is 1. The molecule has 3 aromatic carbocycles. The highest BCUT2D eigenvalue weighted by Crippen LogP contribution is 2.19. The van der Waals surface area contributed by atoms with Gasteiger partial charge in [-0.2, -0.15) is 0 Å².